The van der Waals surface area contributed by atoms with E-state index in [1.54, 1.807) is 29.2 Å². The summed E-state index contributed by atoms with van der Waals surface area (Å²) in [5.74, 6) is -0.261. The Morgan fingerprint density at radius 3 is 2.85 bits per heavy atom. The van der Waals surface area contributed by atoms with Crippen molar-refractivity contribution in [2.45, 2.75) is 0 Å². The van der Waals surface area contributed by atoms with E-state index in [0.29, 0.717) is 24.6 Å². The van der Waals surface area contributed by atoms with E-state index in [-0.39, 0.29) is 15.9 Å². The molecular formula is C15H11BrFNO2. The van der Waals surface area contributed by atoms with Crippen molar-refractivity contribution in [3.05, 3.63) is 58.3 Å². The summed E-state index contributed by atoms with van der Waals surface area (Å²) in [7, 11) is 0. The molecule has 0 aliphatic carbocycles. The fraction of sp³-hybridized carbons (Fsp3) is 0.133. The van der Waals surface area contributed by atoms with E-state index in [9.17, 15) is 9.18 Å². The molecule has 1 amide bonds. The van der Waals surface area contributed by atoms with E-state index in [1.165, 1.54) is 6.07 Å². The second-order valence-corrected chi connectivity index (χ2v) is 5.23. The highest BCUT2D eigenvalue weighted by Crippen LogP contribution is 2.32. The minimum atomic E-state index is -0.540. The Morgan fingerprint density at radius 1 is 1.20 bits per heavy atom. The van der Waals surface area contributed by atoms with E-state index in [4.69, 9.17) is 4.74 Å². The number of fused-ring (bicyclic) bond motifs is 1. The maximum absolute atomic E-state index is 14.1. The van der Waals surface area contributed by atoms with Crippen LogP contribution < -0.4 is 9.64 Å². The SMILES string of the molecule is O=C(c1cccc(Br)c1F)N1CCOc2ccccc21. The first kappa shape index (κ1) is 13.1. The molecule has 0 spiro atoms. The van der Waals surface area contributed by atoms with Crippen LogP contribution in [0.15, 0.2) is 46.9 Å². The Hall–Kier alpha value is -1.88. The highest BCUT2D eigenvalue weighted by atomic mass is 79.9. The number of para-hydroxylation sites is 2. The third kappa shape index (κ3) is 2.18. The number of rotatable bonds is 1. The van der Waals surface area contributed by atoms with E-state index in [1.807, 2.05) is 12.1 Å². The number of amides is 1. The Bertz CT molecular complexity index is 675. The van der Waals surface area contributed by atoms with Crippen LogP contribution in [0.25, 0.3) is 0 Å². The molecule has 0 unspecified atom stereocenters. The molecule has 1 heterocycles. The quantitative estimate of drug-likeness (QED) is 0.796. The summed E-state index contributed by atoms with van der Waals surface area (Å²) in [6, 6.07) is 12.0. The van der Waals surface area contributed by atoms with Crippen LogP contribution in [0, 0.1) is 5.82 Å². The molecule has 0 bridgehead atoms. The molecule has 3 nitrogen and oxygen atoms in total. The first-order valence-corrected chi connectivity index (χ1v) is 6.95. The van der Waals surface area contributed by atoms with Crippen molar-refractivity contribution in [1.29, 1.82) is 0 Å². The number of hydrogen-bond acceptors (Lipinski definition) is 2. The zero-order chi connectivity index (χ0) is 14.1. The van der Waals surface area contributed by atoms with Gasteiger partial charge in [-0.05, 0) is 40.2 Å². The molecule has 2 aromatic carbocycles. The summed E-state index contributed by atoms with van der Waals surface area (Å²) >= 11 is 3.10. The third-order valence-corrected chi connectivity index (χ3v) is 3.77. The molecule has 0 aromatic heterocycles. The number of ether oxygens (including phenoxy) is 1. The van der Waals surface area contributed by atoms with Crippen LogP contribution in [0.2, 0.25) is 0 Å². The van der Waals surface area contributed by atoms with Crippen molar-refractivity contribution >= 4 is 27.5 Å². The topological polar surface area (TPSA) is 29.5 Å². The van der Waals surface area contributed by atoms with Crippen molar-refractivity contribution in [3.63, 3.8) is 0 Å². The molecule has 0 saturated heterocycles. The van der Waals surface area contributed by atoms with Crippen LogP contribution in [0.1, 0.15) is 10.4 Å². The van der Waals surface area contributed by atoms with Crippen LogP contribution >= 0.6 is 15.9 Å². The minimum Gasteiger partial charge on any atom is -0.490 e. The van der Waals surface area contributed by atoms with Gasteiger partial charge in [0, 0.05) is 0 Å². The van der Waals surface area contributed by atoms with Gasteiger partial charge in [-0.3, -0.25) is 4.79 Å². The average molecular weight is 336 g/mol. The lowest BCUT2D eigenvalue weighted by Gasteiger charge is -2.29. The fourth-order valence-electron chi connectivity index (χ4n) is 2.19. The average Bonchev–Trinajstić information content (AvgIpc) is 2.49. The fourth-order valence-corrected chi connectivity index (χ4v) is 2.56. The summed E-state index contributed by atoms with van der Waals surface area (Å²) in [5, 5.41) is 0. The van der Waals surface area contributed by atoms with Gasteiger partial charge < -0.3 is 9.64 Å². The maximum Gasteiger partial charge on any atom is 0.261 e. The summed E-state index contributed by atoms with van der Waals surface area (Å²) < 4.78 is 19.8. The summed E-state index contributed by atoms with van der Waals surface area (Å²) in [6.07, 6.45) is 0. The first-order chi connectivity index (χ1) is 9.68. The van der Waals surface area contributed by atoms with Gasteiger partial charge in [-0.1, -0.05) is 18.2 Å². The molecular weight excluding hydrogens is 325 g/mol. The van der Waals surface area contributed by atoms with Crippen LogP contribution in [-0.2, 0) is 0 Å². The van der Waals surface area contributed by atoms with E-state index >= 15 is 0 Å². The molecule has 0 saturated carbocycles. The molecule has 20 heavy (non-hydrogen) atoms. The Balaban J connectivity index is 2.02. The summed E-state index contributed by atoms with van der Waals surface area (Å²) in [5.41, 5.74) is 0.721. The van der Waals surface area contributed by atoms with E-state index in [0.717, 1.165) is 0 Å². The summed E-state index contributed by atoms with van der Waals surface area (Å²) in [4.78, 5) is 14.1. The Kier molecular flexibility index (Phi) is 3.44. The third-order valence-electron chi connectivity index (χ3n) is 3.16. The number of carbonyl (C=O) groups excluding carboxylic acids is 1. The lowest BCUT2D eigenvalue weighted by molar-refractivity contribution is 0.0972. The molecule has 0 atom stereocenters. The standard InChI is InChI=1S/C15H11BrFNO2/c16-11-5-3-4-10(14(11)17)15(19)18-8-9-20-13-7-2-1-6-12(13)18/h1-7H,8-9H2. The number of hydrogen-bond donors (Lipinski definition) is 0. The number of carbonyl (C=O) groups is 1. The zero-order valence-electron chi connectivity index (χ0n) is 10.5. The Labute approximate surface area is 124 Å². The molecule has 0 radical (unpaired) electrons. The van der Waals surface area contributed by atoms with Crippen LogP contribution in [0.5, 0.6) is 5.75 Å². The van der Waals surface area contributed by atoms with E-state index in [2.05, 4.69) is 15.9 Å². The molecule has 5 heteroatoms. The predicted octanol–water partition coefficient (Wildman–Crippen LogP) is 3.63. The van der Waals surface area contributed by atoms with Crippen molar-refractivity contribution in [2.75, 3.05) is 18.1 Å². The number of benzene rings is 2. The van der Waals surface area contributed by atoms with Gasteiger partial charge in [-0.2, -0.15) is 0 Å². The van der Waals surface area contributed by atoms with Gasteiger partial charge in [0.05, 0.1) is 22.3 Å². The molecule has 0 fully saturated rings. The van der Waals surface area contributed by atoms with E-state index < -0.39 is 5.82 Å². The highest BCUT2D eigenvalue weighted by molar-refractivity contribution is 9.10. The van der Waals surface area contributed by atoms with Gasteiger partial charge in [0.15, 0.2) is 0 Å². The number of anilines is 1. The van der Waals surface area contributed by atoms with Crippen molar-refractivity contribution in [1.82, 2.24) is 0 Å². The monoisotopic (exact) mass is 335 g/mol. The zero-order valence-corrected chi connectivity index (χ0v) is 12.1. The second kappa shape index (κ2) is 5.25. The second-order valence-electron chi connectivity index (χ2n) is 4.37. The van der Waals surface area contributed by atoms with Gasteiger partial charge in [0.1, 0.15) is 18.2 Å². The number of halogens is 2. The number of nitrogens with zero attached hydrogens (tertiary/aromatic N) is 1. The maximum atomic E-state index is 14.1. The van der Waals surface area contributed by atoms with Crippen molar-refractivity contribution in [2.24, 2.45) is 0 Å². The summed E-state index contributed by atoms with van der Waals surface area (Å²) in [6.45, 7) is 0.806. The van der Waals surface area contributed by atoms with Gasteiger partial charge in [-0.25, -0.2) is 4.39 Å². The normalized spacial score (nSPS) is 13.6. The lowest BCUT2D eigenvalue weighted by Crippen LogP contribution is -2.38. The van der Waals surface area contributed by atoms with Crippen LogP contribution in [0.3, 0.4) is 0 Å². The first-order valence-electron chi connectivity index (χ1n) is 6.16. The predicted molar refractivity (Wildman–Crippen MR) is 77.7 cm³/mol. The smallest absolute Gasteiger partial charge is 0.261 e. The largest absolute Gasteiger partial charge is 0.490 e. The molecule has 0 N–H and O–H groups in total. The van der Waals surface area contributed by atoms with Crippen molar-refractivity contribution in [3.8, 4) is 5.75 Å². The van der Waals surface area contributed by atoms with Crippen molar-refractivity contribution < 1.29 is 13.9 Å². The lowest BCUT2D eigenvalue weighted by atomic mass is 10.1. The minimum absolute atomic E-state index is 0.0519. The van der Waals surface area contributed by atoms with Crippen LogP contribution in [-0.4, -0.2) is 19.1 Å². The molecule has 1 aliphatic rings. The van der Waals surface area contributed by atoms with Crippen LogP contribution in [0.4, 0.5) is 10.1 Å². The van der Waals surface area contributed by atoms with Gasteiger partial charge in [0.2, 0.25) is 0 Å². The molecule has 102 valence electrons. The molecule has 3 rings (SSSR count). The van der Waals surface area contributed by atoms with Gasteiger partial charge in [0.25, 0.3) is 5.91 Å². The molecule has 2 aromatic rings. The van der Waals surface area contributed by atoms with Gasteiger partial charge >= 0.3 is 0 Å². The highest BCUT2D eigenvalue weighted by Gasteiger charge is 2.26. The van der Waals surface area contributed by atoms with Gasteiger partial charge in [-0.15, -0.1) is 0 Å². The molecule has 1 aliphatic heterocycles. The Morgan fingerprint density at radius 2 is 2.00 bits per heavy atom.